The van der Waals surface area contributed by atoms with E-state index in [9.17, 15) is 4.79 Å². The predicted octanol–water partition coefficient (Wildman–Crippen LogP) is 4.79. The van der Waals surface area contributed by atoms with Crippen molar-refractivity contribution in [2.45, 2.75) is 6.61 Å². The van der Waals surface area contributed by atoms with Gasteiger partial charge in [0.2, 0.25) is 0 Å². The minimum atomic E-state index is -1.01. The molecule has 0 bridgehead atoms. The molecular formula is C17H14BrClO4. The number of methoxy groups -OCH3 is 1. The van der Waals surface area contributed by atoms with Crippen molar-refractivity contribution < 1.29 is 19.4 Å². The number of hydrogen-bond donors (Lipinski definition) is 1. The lowest BCUT2D eigenvalue weighted by Gasteiger charge is -2.13. The molecule has 0 aliphatic heterocycles. The molecule has 0 atom stereocenters. The summed E-state index contributed by atoms with van der Waals surface area (Å²) in [7, 11) is 1.53. The number of halogens is 2. The topological polar surface area (TPSA) is 55.8 Å². The zero-order valence-corrected chi connectivity index (χ0v) is 14.6. The highest BCUT2D eigenvalue weighted by molar-refractivity contribution is 9.10. The SMILES string of the molecule is COc1cc(C=CC(=O)O)c(Br)cc1OCc1ccc(Cl)cc1. The quantitative estimate of drug-likeness (QED) is 0.712. The molecule has 1 N–H and O–H groups in total. The summed E-state index contributed by atoms with van der Waals surface area (Å²) in [6.07, 6.45) is 2.55. The normalized spacial score (nSPS) is 10.7. The maximum atomic E-state index is 10.6. The first-order valence-electron chi connectivity index (χ1n) is 6.65. The van der Waals surface area contributed by atoms with E-state index >= 15 is 0 Å². The Balaban J connectivity index is 2.19. The van der Waals surface area contributed by atoms with Crippen molar-refractivity contribution in [3.63, 3.8) is 0 Å². The average molecular weight is 398 g/mol. The van der Waals surface area contributed by atoms with E-state index < -0.39 is 5.97 Å². The lowest BCUT2D eigenvalue weighted by atomic mass is 10.2. The molecule has 0 aliphatic carbocycles. The summed E-state index contributed by atoms with van der Waals surface area (Å²) in [6.45, 7) is 0.365. The standard InChI is InChI=1S/C17H14BrClO4/c1-22-15-8-12(4-7-17(20)21)14(18)9-16(15)23-10-11-2-5-13(19)6-3-11/h2-9H,10H2,1H3,(H,20,21). The van der Waals surface area contributed by atoms with Crippen LogP contribution in [0, 0.1) is 0 Å². The Morgan fingerprint density at radius 2 is 1.96 bits per heavy atom. The van der Waals surface area contributed by atoms with Crippen molar-refractivity contribution >= 4 is 39.6 Å². The van der Waals surface area contributed by atoms with E-state index in [4.69, 9.17) is 26.2 Å². The minimum Gasteiger partial charge on any atom is -0.493 e. The van der Waals surface area contributed by atoms with Crippen molar-refractivity contribution in [2.24, 2.45) is 0 Å². The maximum Gasteiger partial charge on any atom is 0.328 e. The minimum absolute atomic E-state index is 0.365. The van der Waals surface area contributed by atoms with Gasteiger partial charge in [0.05, 0.1) is 7.11 Å². The van der Waals surface area contributed by atoms with E-state index in [-0.39, 0.29) is 0 Å². The molecule has 0 spiro atoms. The van der Waals surface area contributed by atoms with Gasteiger partial charge in [-0.2, -0.15) is 0 Å². The Morgan fingerprint density at radius 3 is 2.57 bits per heavy atom. The third-order valence-corrected chi connectivity index (χ3v) is 3.93. The van der Waals surface area contributed by atoms with Gasteiger partial charge in [-0.15, -0.1) is 0 Å². The summed E-state index contributed by atoms with van der Waals surface area (Å²) in [5.41, 5.74) is 1.66. The highest BCUT2D eigenvalue weighted by Crippen LogP contribution is 2.34. The summed E-state index contributed by atoms with van der Waals surface area (Å²) in [6, 6.07) is 10.8. The largest absolute Gasteiger partial charge is 0.493 e. The zero-order valence-electron chi connectivity index (χ0n) is 12.3. The summed E-state index contributed by atoms with van der Waals surface area (Å²) in [4.78, 5) is 10.6. The molecule has 0 unspecified atom stereocenters. The Hall–Kier alpha value is -1.98. The van der Waals surface area contributed by atoms with Gasteiger partial charge in [-0.05, 0) is 41.5 Å². The molecule has 2 aromatic carbocycles. The first-order valence-corrected chi connectivity index (χ1v) is 7.82. The van der Waals surface area contributed by atoms with Gasteiger partial charge < -0.3 is 14.6 Å². The zero-order chi connectivity index (χ0) is 16.8. The molecular weight excluding hydrogens is 384 g/mol. The monoisotopic (exact) mass is 396 g/mol. The average Bonchev–Trinajstić information content (AvgIpc) is 2.53. The van der Waals surface area contributed by atoms with Crippen LogP contribution in [0.2, 0.25) is 5.02 Å². The fourth-order valence-corrected chi connectivity index (χ4v) is 2.43. The molecule has 0 aromatic heterocycles. The molecule has 120 valence electrons. The molecule has 2 rings (SSSR count). The van der Waals surface area contributed by atoms with Crippen LogP contribution in [0.3, 0.4) is 0 Å². The summed E-state index contributed by atoms with van der Waals surface area (Å²) < 4.78 is 11.8. The van der Waals surface area contributed by atoms with Crippen LogP contribution in [0.25, 0.3) is 6.08 Å². The first-order chi connectivity index (χ1) is 11.0. The second kappa shape index (κ2) is 8.04. The Morgan fingerprint density at radius 1 is 1.26 bits per heavy atom. The second-order valence-corrected chi connectivity index (χ2v) is 5.90. The van der Waals surface area contributed by atoms with E-state index in [1.165, 1.54) is 13.2 Å². The Labute approximate surface area is 147 Å². The number of ether oxygens (including phenoxy) is 2. The van der Waals surface area contributed by atoms with Gasteiger partial charge in [0.1, 0.15) is 6.61 Å². The molecule has 4 nitrogen and oxygen atoms in total. The molecule has 0 aliphatic rings. The Bertz CT molecular complexity index is 726. The van der Waals surface area contributed by atoms with Gasteiger partial charge in [0.15, 0.2) is 11.5 Å². The highest BCUT2D eigenvalue weighted by atomic mass is 79.9. The smallest absolute Gasteiger partial charge is 0.328 e. The van der Waals surface area contributed by atoms with E-state index in [0.717, 1.165) is 11.6 Å². The van der Waals surface area contributed by atoms with Crippen molar-refractivity contribution in [3.05, 3.63) is 63.1 Å². The fourth-order valence-electron chi connectivity index (χ4n) is 1.85. The van der Waals surface area contributed by atoms with Crippen LogP contribution in [-0.2, 0) is 11.4 Å². The maximum absolute atomic E-state index is 10.6. The van der Waals surface area contributed by atoms with E-state index in [0.29, 0.717) is 33.2 Å². The van der Waals surface area contributed by atoms with Crippen LogP contribution in [-0.4, -0.2) is 18.2 Å². The van der Waals surface area contributed by atoms with Crippen LogP contribution in [0.15, 0.2) is 46.9 Å². The Kier molecular flexibility index (Phi) is 6.07. The number of carbonyl (C=O) groups is 1. The molecule has 0 radical (unpaired) electrons. The molecule has 0 amide bonds. The lowest BCUT2D eigenvalue weighted by Crippen LogP contribution is -1.98. The predicted molar refractivity (Wildman–Crippen MR) is 93.1 cm³/mol. The second-order valence-electron chi connectivity index (χ2n) is 4.61. The van der Waals surface area contributed by atoms with Crippen molar-refractivity contribution in [1.82, 2.24) is 0 Å². The molecule has 2 aromatic rings. The van der Waals surface area contributed by atoms with Gasteiger partial charge in [0, 0.05) is 15.6 Å². The molecule has 6 heteroatoms. The van der Waals surface area contributed by atoms with Gasteiger partial charge >= 0.3 is 5.97 Å². The molecule has 23 heavy (non-hydrogen) atoms. The molecule has 0 fully saturated rings. The summed E-state index contributed by atoms with van der Waals surface area (Å²) >= 11 is 9.25. The van der Waals surface area contributed by atoms with Gasteiger partial charge in [-0.25, -0.2) is 4.79 Å². The number of rotatable bonds is 6. The van der Waals surface area contributed by atoms with Gasteiger partial charge in [-0.3, -0.25) is 0 Å². The molecule has 0 saturated heterocycles. The van der Waals surface area contributed by atoms with Gasteiger partial charge in [-0.1, -0.05) is 39.7 Å². The van der Waals surface area contributed by atoms with Crippen LogP contribution in [0.5, 0.6) is 11.5 Å². The number of benzene rings is 2. The first kappa shape index (κ1) is 17.4. The van der Waals surface area contributed by atoms with E-state index in [2.05, 4.69) is 15.9 Å². The number of carboxylic acid groups (broad SMARTS) is 1. The van der Waals surface area contributed by atoms with Crippen LogP contribution in [0.1, 0.15) is 11.1 Å². The molecule has 0 saturated carbocycles. The third-order valence-electron chi connectivity index (χ3n) is 3.00. The third kappa shape index (κ3) is 5.01. The van der Waals surface area contributed by atoms with Crippen LogP contribution < -0.4 is 9.47 Å². The van der Waals surface area contributed by atoms with Crippen LogP contribution >= 0.6 is 27.5 Å². The number of hydrogen-bond acceptors (Lipinski definition) is 3. The van der Waals surface area contributed by atoms with Crippen molar-refractivity contribution in [3.8, 4) is 11.5 Å². The lowest BCUT2D eigenvalue weighted by molar-refractivity contribution is -0.131. The number of carboxylic acids is 1. The van der Waals surface area contributed by atoms with Crippen molar-refractivity contribution in [1.29, 1.82) is 0 Å². The summed E-state index contributed by atoms with van der Waals surface area (Å²) in [5.74, 6) is 0.0629. The number of aliphatic carboxylic acids is 1. The fraction of sp³-hybridized carbons (Fsp3) is 0.118. The molecule has 0 heterocycles. The summed E-state index contributed by atoms with van der Waals surface area (Å²) in [5, 5.41) is 9.38. The van der Waals surface area contributed by atoms with E-state index in [1.807, 2.05) is 12.1 Å². The van der Waals surface area contributed by atoms with Crippen LogP contribution in [0.4, 0.5) is 0 Å². The van der Waals surface area contributed by atoms with Gasteiger partial charge in [0.25, 0.3) is 0 Å². The van der Waals surface area contributed by atoms with Crippen molar-refractivity contribution in [2.75, 3.05) is 7.11 Å². The highest BCUT2D eigenvalue weighted by Gasteiger charge is 2.09. The van der Waals surface area contributed by atoms with E-state index in [1.54, 1.807) is 24.3 Å².